The van der Waals surface area contributed by atoms with Gasteiger partial charge in [0.1, 0.15) is 5.82 Å². The Morgan fingerprint density at radius 1 is 1.19 bits per heavy atom. The van der Waals surface area contributed by atoms with Crippen LogP contribution in [-0.2, 0) is 6.42 Å². The topological polar surface area (TPSA) is 38.5 Å². The molecule has 3 rings (SSSR count). The fourth-order valence-electron chi connectivity index (χ4n) is 2.66. The highest BCUT2D eigenvalue weighted by Crippen LogP contribution is 2.40. The second-order valence-electron chi connectivity index (χ2n) is 4.95. The van der Waals surface area contributed by atoms with Gasteiger partial charge >= 0.3 is 0 Å². The molecule has 1 heterocycles. The lowest BCUT2D eigenvalue weighted by Gasteiger charge is -2.22. The number of halogens is 2. The van der Waals surface area contributed by atoms with Crippen molar-refractivity contribution in [1.29, 1.82) is 0 Å². The summed E-state index contributed by atoms with van der Waals surface area (Å²) >= 11 is 0. The summed E-state index contributed by atoms with van der Waals surface area (Å²) in [6.07, 6.45) is 0.802. The SMILES string of the molecule is CCOc1cc(N2CCc3ccc(F)cc32)c(N)cc1F. The van der Waals surface area contributed by atoms with Crippen molar-refractivity contribution in [1.82, 2.24) is 0 Å². The summed E-state index contributed by atoms with van der Waals surface area (Å²) in [4.78, 5) is 1.90. The average Bonchev–Trinajstić information content (AvgIpc) is 2.85. The van der Waals surface area contributed by atoms with Crippen LogP contribution >= 0.6 is 0 Å². The number of rotatable bonds is 3. The van der Waals surface area contributed by atoms with Gasteiger partial charge in [0, 0.05) is 24.4 Å². The fourth-order valence-corrected chi connectivity index (χ4v) is 2.66. The predicted octanol–water partition coefficient (Wildman–Crippen LogP) is 3.64. The minimum absolute atomic E-state index is 0.159. The van der Waals surface area contributed by atoms with Crippen LogP contribution in [0.1, 0.15) is 12.5 Å². The van der Waals surface area contributed by atoms with E-state index in [9.17, 15) is 8.78 Å². The Morgan fingerprint density at radius 3 is 2.76 bits per heavy atom. The zero-order chi connectivity index (χ0) is 15.0. The molecule has 3 nitrogen and oxygen atoms in total. The van der Waals surface area contributed by atoms with E-state index < -0.39 is 5.82 Å². The van der Waals surface area contributed by atoms with Crippen molar-refractivity contribution in [3.05, 3.63) is 47.5 Å². The third-order valence-electron chi connectivity index (χ3n) is 3.61. The van der Waals surface area contributed by atoms with Crippen molar-refractivity contribution in [3.8, 4) is 5.75 Å². The number of fused-ring (bicyclic) bond motifs is 1. The second-order valence-corrected chi connectivity index (χ2v) is 4.95. The lowest BCUT2D eigenvalue weighted by atomic mass is 10.1. The van der Waals surface area contributed by atoms with E-state index in [4.69, 9.17) is 10.5 Å². The third kappa shape index (κ3) is 2.39. The minimum atomic E-state index is -0.489. The quantitative estimate of drug-likeness (QED) is 0.877. The average molecular weight is 290 g/mol. The van der Waals surface area contributed by atoms with E-state index in [0.717, 1.165) is 17.7 Å². The molecular formula is C16H16F2N2O. The van der Waals surface area contributed by atoms with Gasteiger partial charge in [0.2, 0.25) is 0 Å². The van der Waals surface area contributed by atoms with Crippen LogP contribution in [0.25, 0.3) is 0 Å². The smallest absolute Gasteiger partial charge is 0.167 e. The van der Waals surface area contributed by atoms with Crippen LogP contribution in [0.3, 0.4) is 0 Å². The molecule has 1 aliphatic rings. The normalized spacial score (nSPS) is 13.4. The van der Waals surface area contributed by atoms with E-state index in [-0.39, 0.29) is 11.6 Å². The van der Waals surface area contributed by atoms with E-state index in [2.05, 4.69) is 0 Å². The predicted molar refractivity (Wildman–Crippen MR) is 79.1 cm³/mol. The highest BCUT2D eigenvalue weighted by molar-refractivity contribution is 5.79. The maximum atomic E-state index is 13.8. The Labute approximate surface area is 121 Å². The molecule has 0 fully saturated rings. The lowest BCUT2D eigenvalue weighted by molar-refractivity contribution is 0.322. The number of ether oxygens (including phenoxy) is 1. The largest absolute Gasteiger partial charge is 0.491 e. The number of anilines is 3. The van der Waals surface area contributed by atoms with Gasteiger partial charge in [-0.1, -0.05) is 6.07 Å². The number of hydrogen-bond donors (Lipinski definition) is 1. The van der Waals surface area contributed by atoms with Gasteiger partial charge in [0.25, 0.3) is 0 Å². The summed E-state index contributed by atoms with van der Waals surface area (Å²) < 4.78 is 32.5. The highest BCUT2D eigenvalue weighted by atomic mass is 19.1. The standard InChI is InChI=1S/C16H16F2N2O/c1-2-21-16-9-15(13(19)8-12(16)18)20-6-5-10-3-4-11(17)7-14(10)20/h3-4,7-9H,2,5-6,19H2,1H3. The first kappa shape index (κ1) is 13.7. The monoisotopic (exact) mass is 290 g/mol. The summed E-state index contributed by atoms with van der Waals surface area (Å²) in [5, 5.41) is 0. The Morgan fingerprint density at radius 2 is 2.00 bits per heavy atom. The first-order valence-electron chi connectivity index (χ1n) is 6.88. The molecule has 21 heavy (non-hydrogen) atoms. The van der Waals surface area contributed by atoms with Crippen LogP contribution < -0.4 is 15.4 Å². The van der Waals surface area contributed by atoms with Gasteiger partial charge in [-0.15, -0.1) is 0 Å². The molecule has 0 atom stereocenters. The molecule has 2 aromatic rings. The van der Waals surface area contributed by atoms with Gasteiger partial charge in [-0.2, -0.15) is 0 Å². The molecule has 0 unspecified atom stereocenters. The van der Waals surface area contributed by atoms with Crippen LogP contribution in [0.15, 0.2) is 30.3 Å². The van der Waals surface area contributed by atoms with Crippen molar-refractivity contribution in [3.63, 3.8) is 0 Å². The van der Waals surface area contributed by atoms with E-state index in [0.29, 0.717) is 24.5 Å². The molecule has 0 spiro atoms. The lowest BCUT2D eigenvalue weighted by Crippen LogP contribution is -2.15. The van der Waals surface area contributed by atoms with Crippen molar-refractivity contribution < 1.29 is 13.5 Å². The minimum Gasteiger partial charge on any atom is -0.491 e. The van der Waals surface area contributed by atoms with Gasteiger partial charge in [-0.05, 0) is 31.0 Å². The summed E-state index contributed by atoms with van der Waals surface area (Å²) in [5.74, 6) is -0.630. The maximum Gasteiger partial charge on any atom is 0.167 e. The van der Waals surface area contributed by atoms with Crippen LogP contribution in [0.4, 0.5) is 25.8 Å². The van der Waals surface area contributed by atoms with Crippen molar-refractivity contribution in [2.45, 2.75) is 13.3 Å². The summed E-state index contributed by atoms with van der Waals surface area (Å²) in [5.41, 5.74) is 8.71. The molecule has 1 aliphatic heterocycles. The Bertz CT molecular complexity index is 688. The maximum absolute atomic E-state index is 13.8. The fraction of sp³-hybridized carbons (Fsp3) is 0.250. The molecule has 0 amide bonds. The second kappa shape index (κ2) is 5.24. The molecule has 2 aromatic carbocycles. The first-order valence-corrected chi connectivity index (χ1v) is 6.88. The number of benzene rings is 2. The van der Waals surface area contributed by atoms with Crippen LogP contribution in [-0.4, -0.2) is 13.2 Å². The Kier molecular flexibility index (Phi) is 3.41. The van der Waals surface area contributed by atoms with Gasteiger partial charge in [-0.25, -0.2) is 8.78 Å². The van der Waals surface area contributed by atoms with E-state index in [1.807, 2.05) is 4.90 Å². The molecule has 5 heteroatoms. The molecule has 0 bridgehead atoms. The van der Waals surface area contributed by atoms with Gasteiger partial charge in [-0.3, -0.25) is 0 Å². The molecule has 110 valence electrons. The van der Waals surface area contributed by atoms with Crippen molar-refractivity contribution >= 4 is 17.1 Å². The van der Waals surface area contributed by atoms with Crippen LogP contribution in [0.2, 0.25) is 0 Å². The summed E-state index contributed by atoms with van der Waals surface area (Å²) in [7, 11) is 0. The number of hydrogen-bond acceptors (Lipinski definition) is 3. The zero-order valence-corrected chi connectivity index (χ0v) is 11.7. The van der Waals surface area contributed by atoms with E-state index in [1.54, 1.807) is 19.1 Å². The Hall–Kier alpha value is -2.30. The molecular weight excluding hydrogens is 274 g/mol. The van der Waals surface area contributed by atoms with Gasteiger partial charge in [0.05, 0.1) is 18.0 Å². The van der Waals surface area contributed by atoms with Crippen LogP contribution in [0.5, 0.6) is 5.75 Å². The van der Waals surface area contributed by atoms with Crippen molar-refractivity contribution in [2.75, 3.05) is 23.8 Å². The summed E-state index contributed by atoms with van der Waals surface area (Å²) in [6, 6.07) is 7.52. The van der Waals surface area contributed by atoms with Gasteiger partial charge < -0.3 is 15.4 Å². The van der Waals surface area contributed by atoms with Crippen LogP contribution in [0, 0.1) is 11.6 Å². The number of nitrogens with two attached hydrogens (primary N) is 1. The Balaban J connectivity index is 2.06. The molecule has 0 aromatic heterocycles. The molecule has 0 saturated carbocycles. The molecule has 0 radical (unpaired) electrons. The summed E-state index contributed by atoms with van der Waals surface area (Å²) in [6.45, 7) is 2.83. The third-order valence-corrected chi connectivity index (χ3v) is 3.61. The molecule has 0 aliphatic carbocycles. The zero-order valence-electron chi connectivity index (χ0n) is 11.7. The van der Waals surface area contributed by atoms with Gasteiger partial charge in [0.15, 0.2) is 11.6 Å². The number of nitrogens with zero attached hydrogens (tertiary/aromatic N) is 1. The van der Waals surface area contributed by atoms with Crippen molar-refractivity contribution in [2.24, 2.45) is 0 Å². The number of nitrogen functional groups attached to an aromatic ring is 1. The van der Waals surface area contributed by atoms with E-state index >= 15 is 0 Å². The van der Waals surface area contributed by atoms with E-state index in [1.165, 1.54) is 18.2 Å². The molecule has 0 saturated heterocycles. The highest BCUT2D eigenvalue weighted by Gasteiger charge is 2.24. The molecule has 2 N–H and O–H groups in total. The first-order chi connectivity index (χ1) is 10.1.